The molecule has 3 aliphatic heterocycles. The van der Waals surface area contributed by atoms with E-state index in [1.807, 2.05) is 0 Å². The summed E-state index contributed by atoms with van der Waals surface area (Å²) < 4.78 is 165. The van der Waals surface area contributed by atoms with Crippen LogP contribution in [0.3, 0.4) is 0 Å². The molecule has 0 spiro atoms. The average molecular weight is 1810 g/mol. The number of fused-ring (bicyclic) bond motifs is 2. The van der Waals surface area contributed by atoms with Gasteiger partial charge in [0.25, 0.3) is 26.0 Å². The topological polar surface area (TPSA) is 355 Å². The SMILES string of the molecule is O=S(=O)(Cc1cccc(-c2cc(NS(=O)(=O)c3ccccc3Cl)c3cccc(Oc4ncsc4-c4ccnc(NC5CNCC(N(c6nccc(-c7scnc7Oc7cccc8c(NS(=O)(=O)c9ccccc9Cl)cccc78)n6)[C@@H]6CNCC(F)(F)C6)OC5)n4)c3c2)c1Cl)Nc1ccc(Oc2ncsc2-c2ccnc(N[C@H]3CCCNC3)n2)cc1F. The maximum Gasteiger partial charge on any atom is 0.263 e. The molecule has 4 atom stereocenters. The van der Waals surface area contributed by atoms with Crippen molar-refractivity contribution < 1.29 is 57.4 Å². The Balaban J connectivity index is 0.597. The molecule has 0 aliphatic carbocycles. The van der Waals surface area contributed by atoms with E-state index in [0.29, 0.717) is 77.1 Å². The fourth-order valence-corrected chi connectivity index (χ4v) is 21.1. The first-order valence-electron chi connectivity index (χ1n) is 37.5. The van der Waals surface area contributed by atoms with Gasteiger partial charge in [-0.25, -0.2) is 83.3 Å². The van der Waals surface area contributed by atoms with E-state index in [0.717, 1.165) is 32.0 Å². The zero-order chi connectivity index (χ0) is 83.6. The number of halogens is 6. The van der Waals surface area contributed by atoms with Crippen molar-refractivity contribution in [3.05, 3.63) is 231 Å². The highest BCUT2D eigenvalue weighted by Gasteiger charge is 2.43. The number of benzene rings is 8. The Bertz CT molecular complexity index is 6600. The largest absolute Gasteiger partial charge is 0.437 e. The number of rotatable bonds is 27. The minimum atomic E-state index is -4.42. The van der Waals surface area contributed by atoms with Gasteiger partial charge in [-0.2, -0.15) is 0 Å². The first kappa shape index (κ1) is 82.3. The number of sulfonamides is 3. The molecule has 28 nitrogen and oxygen atoms in total. The molecule has 0 bridgehead atoms. The number of anilines is 6. The van der Waals surface area contributed by atoms with Gasteiger partial charge >= 0.3 is 0 Å². The first-order chi connectivity index (χ1) is 58.5. The Morgan fingerprint density at radius 1 is 0.537 bits per heavy atom. The number of ether oxygens (including phenoxy) is 4. The van der Waals surface area contributed by atoms with E-state index >= 15 is 13.2 Å². The van der Waals surface area contributed by atoms with Gasteiger partial charge in [0.15, 0.2) is 5.82 Å². The van der Waals surface area contributed by atoms with Gasteiger partial charge in [0.1, 0.15) is 47.9 Å². The van der Waals surface area contributed by atoms with Gasteiger partial charge in [-0.3, -0.25) is 14.2 Å². The molecule has 2 unspecified atom stereocenters. The van der Waals surface area contributed by atoms with E-state index in [1.54, 1.807) is 149 Å². The lowest BCUT2D eigenvalue weighted by molar-refractivity contribution is -0.0356. The Labute approximate surface area is 717 Å². The molecule has 40 heteroatoms. The van der Waals surface area contributed by atoms with Crippen LogP contribution in [0, 0.1) is 5.82 Å². The highest BCUT2D eigenvalue weighted by atomic mass is 35.5. The van der Waals surface area contributed by atoms with Crippen molar-refractivity contribution >= 4 is 155 Å². The third kappa shape index (κ3) is 18.6. The zero-order valence-corrected chi connectivity index (χ0v) is 70.2. The predicted molar refractivity (Wildman–Crippen MR) is 463 cm³/mol. The van der Waals surface area contributed by atoms with Crippen molar-refractivity contribution in [2.45, 2.75) is 65.1 Å². The summed E-state index contributed by atoms with van der Waals surface area (Å²) in [6, 6.07) is 42.9. The first-order valence-corrected chi connectivity index (χ1v) is 45.9. The Morgan fingerprint density at radius 3 is 1.75 bits per heavy atom. The third-order valence-electron chi connectivity index (χ3n) is 19.8. The van der Waals surface area contributed by atoms with Crippen molar-refractivity contribution in [1.29, 1.82) is 0 Å². The summed E-state index contributed by atoms with van der Waals surface area (Å²) in [5.41, 5.74) is 6.71. The van der Waals surface area contributed by atoms with E-state index in [1.165, 1.54) is 88.7 Å². The zero-order valence-electron chi connectivity index (χ0n) is 63.0. The van der Waals surface area contributed by atoms with Crippen molar-refractivity contribution in [3.8, 4) is 77.7 Å². The van der Waals surface area contributed by atoms with Gasteiger partial charge in [0.05, 0.1) is 96.7 Å². The lowest BCUT2D eigenvalue weighted by Gasteiger charge is -2.41. The van der Waals surface area contributed by atoms with Gasteiger partial charge in [0.2, 0.25) is 45.5 Å². The van der Waals surface area contributed by atoms with Crippen LogP contribution < -0.4 is 59.9 Å². The molecule has 121 heavy (non-hydrogen) atoms. The molecule has 620 valence electrons. The molecule has 9 heterocycles. The van der Waals surface area contributed by atoms with Gasteiger partial charge in [-0.05, 0) is 115 Å². The number of piperidine rings is 2. The number of nitrogens with one attached hydrogen (secondary N) is 8. The molecule has 0 saturated carbocycles. The molecular formula is C81H68Cl3F3N18O10S6. The quantitative estimate of drug-likeness (QED) is 0.0237. The molecule has 17 rings (SSSR count). The summed E-state index contributed by atoms with van der Waals surface area (Å²) in [4.78, 5) is 44.6. The monoisotopic (exact) mass is 1810 g/mol. The van der Waals surface area contributed by atoms with Crippen LogP contribution in [0.4, 0.5) is 48.1 Å². The molecule has 8 N–H and O–H groups in total. The van der Waals surface area contributed by atoms with Gasteiger partial charge in [-0.1, -0.05) is 114 Å². The second kappa shape index (κ2) is 35.2. The fourth-order valence-electron chi connectivity index (χ4n) is 14.3. The van der Waals surface area contributed by atoms with Crippen LogP contribution in [-0.2, 0) is 40.6 Å². The van der Waals surface area contributed by atoms with Crippen molar-refractivity contribution in [2.24, 2.45) is 0 Å². The van der Waals surface area contributed by atoms with Gasteiger partial charge in [-0.15, -0.1) is 34.0 Å². The van der Waals surface area contributed by atoms with Crippen LogP contribution in [0.25, 0.3) is 64.4 Å². The highest BCUT2D eigenvalue weighted by molar-refractivity contribution is 7.93. The third-order valence-corrected chi connectivity index (χ3v) is 27.7. The number of hydrogen-bond acceptors (Lipinski definition) is 28. The Morgan fingerprint density at radius 2 is 1.12 bits per heavy atom. The second-order valence-corrected chi connectivity index (χ2v) is 36.9. The number of hydrogen-bond donors (Lipinski definition) is 8. The molecule has 0 radical (unpaired) electrons. The van der Waals surface area contributed by atoms with Gasteiger partial charge < -0.3 is 50.4 Å². The van der Waals surface area contributed by atoms with Crippen molar-refractivity contribution in [3.63, 3.8) is 0 Å². The van der Waals surface area contributed by atoms with Crippen LogP contribution in [0.5, 0.6) is 34.9 Å². The summed E-state index contributed by atoms with van der Waals surface area (Å²) in [7, 11) is -12.9. The molecule has 0 amide bonds. The molecule has 3 aliphatic rings. The van der Waals surface area contributed by atoms with Crippen molar-refractivity contribution in [2.75, 3.05) is 75.6 Å². The minimum Gasteiger partial charge on any atom is -0.437 e. The number of alkyl halides is 2. The van der Waals surface area contributed by atoms with E-state index in [2.05, 4.69) is 75.6 Å². The Kier molecular flexibility index (Phi) is 23.9. The predicted octanol–water partition coefficient (Wildman–Crippen LogP) is 16.8. The van der Waals surface area contributed by atoms with Crippen LogP contribution in [0.15, 0.2) is 215 Å². The maximum atomic E-state index is 16.1. The van der Waals surface area contributed by atoms with E-state index in [4.69, 9.17) is 63.7 Å². The standard InChI is InChI=1S/C81H68Cl3F3N18O10S6/c82-57-16-1-3-21-68(57)120(108,109)103-60-18-6-15-55-53(60)13-7-19-66(55)114-77-74(118-45-96-77)64-27-31-93-80(101-64)105(50-35-81(86,87)42-90-38-50)70-39-89-37-49(40-112-70)98-79-92-30-26-63(100-79)73-76(95-44-117-73)115-67-20-8-14-54-56(67)32-47(33-65(54)104-121(110,111)69-22-4-2-17-58(69)83)52-12-5-10-46(71(52)84)41-119(106,107)102-61-24-23-51(34-59(61)85)113-75-72(116-43-94-75)62-25-29-91-78(99-62)97-48-11-9-28-88-36-48/h1-8,10,12-27,29-34,43-45,48-50,70,88-90,102-104H,9,11,28,35-42H2,(H,91,97,99)(H,92,98,100)/t48-,49?,50-,70?/m0/s1. The average Bonchev–Trinajstić information content (AvgIpc) is 1.05. The number of thiazole rings is 3. The van der Waals surface area contributed by atoms with Crippen LogP contribution in [0.2, 0.25) is 15.1 Å². The Hall–Kier alpha value is -11.0. The van der Waals surface area contributed by atoms with E-state index in [9.17, 15) is 25.3 Å². The molecular weight excluding hydrogens is 1740 g/mol. The summed E-state index contributed by atoms with van der Waals surface area (Å²) in [6.07, 6.45) is 5.26. The molecule has 6 aromatic heterocycles. The molecule has 14 aromatic rings. The lowest BCUT2D eigenvalue weighted by Crippen LogP contribution is -2.58. The lowest BCUT2D eigenvalue weighted by atomic mass is 9.98. The summed E-state index contributed by atoms with van der Waals surface area (Å²) in [5, 5.41) is 18.2. The van der Waals surface area contributed by atoms with Gasteiger partial charge in [0, 0.05) is 90.4 Å². The van der Waals surface area contributed by atoms with Crippen molar-refractivity contribution in [1.82, 2.24) is 60.8 Å². The smallest absolute Gasteiger partial charge is 0.263 e. The highest BCUT2D eigenvalue weighted by Crippen LogP contribution is 2.46. The van der Waals surface area contributed by atoms with Crippen LogP contribution in [0.1, 0.15) is 24.8 Å². The second-order valence-electron chi connectivity index (χ2n) is 28.2. The molecule has 8 aromatic carbocycles. The van der Waals surface area contributed by atoms with Crippen LogP contribution >= 0.6 is 68.8 Å². The molecule has 3 saturated heterocycles. The normalized spacial score (nSPS) is 17.0. The summed E-state index contributed by atoms with van der Waals surface area (Å²) in [5.74, 6) is -3.00. The van der Waals surface area contributed by atoms with E-state index < -0.39 is 78.8 Å². The minimum absolute atomic E-state index is 0.0226. The van der Waals surface area contributed by atoms with E-state index in [-0.39, 0.29) is 120 Å². The summed E-state index contributed by atoms with van der Waals surface area (Å²) in [6.45, 7) is 1.83. The fraction of sp³-hybridized carbons (Fsp3) is 0.198. The molecule has 3 fully saturated rings. The van der Waals surface area contributed by atoms with Crippen LogP contribution in [-0.4, -0.2) is 146 Å². The maximum absolute atomic E-state index is 16.1. The number of nitrogens with zero attached hydrogens (tertiary/aromatic N) is 10. The number of aromatic nitrogens is 9. The summed E-state index contributed by atoms with van der Waals surface area (Å²) >= 11 is 23.8.